The van der Waals surface area contributed by atoms with Gasteiger partial charge in [-0.25, -0.2) is 4.98 Å². The predicted molar refractivity (Wildman–Crippen MR) is 252 cm³/mol. The van der Waals surface area contributed by atoms with Gasteiger partial charge in [0.25, 0.3) is 0 Å². The van der Waals surface area contributed by atoms with Gasteiger partial charge in [0.2, 0.25) is 0 Å². The maximum Gasteiger partial charge on any atom is 0.145 e. The Bertz CT molecular complexity index is 3130. The van der Waals surface area contributed by atoms with Crippen molar-refractivity contribution in [2.75, 3.05) is 0 Å². The van der Waals surface area contributed by atoms with Crippen LogP contribution < -0.4 is 5.32 Å². The number of benzene rings is 8. The molecule has 0 saturated carbocycles. The van der Waals surface area contributed by atoms with Crippen molar-refractivity contribution in [1.29, 1.82) is 0 Å². The average Bonchev–Trinajstić information content (AvgIpc) is 3.74. The summed E-state index contributed by atoms with van der Waals surface area (Å²) in [5.74, 6) is 0. The number of rotatable bonds is 8. The van der Waals surface area contributed by atoms with Gasteiger partial charge in [-0.1, -0.05) is 206 Å². The molecular weight excluding hydrogens is 743 g/mol. The third kappa shape index (κ3) is 6.70. The highest BCUT2D eigenvalue weighted by molar-refractivity contribution is 6.16. The Morgan fingerprint density at radius 1 is 0.393 bits per heavy atom. The Kier molecular flexibility index (Phi) is 9.21. The predicted octanol–water partition coefficient (Wildman–Crippen LogP) is 14.4. The van der Waals surface area contributed by atoms with E-state index in [0.29, 0.717) is 0 Å². The third-order valence-corrected chi connectivity index (χ3v) is 11.5. The molecule has 10 aromatic rings. The number of allylic oxidation sites excluding steroid dienone is 1. The lowest BCUT2D eigenvalue weighted by Crippen LogP contribution is -2.24. The molecule has 1 aliphatic rings. The quantitative estimate of drug-likeness (QED) is 0.167. The molecule has 2 aromatic heterocycles. The van der Waals surface area contributed by atoms with Crippen molar-refractivity contribution < 1.29 is 4.42 Å². The number of pyridine rings is 1. The number of fused-ring (bicyclic) bond motifs is 3. The van der Waals surface area contributed by atoms with E-state index in [1.54, 1.807) is 0 Å². The normalized spacial score (nSPS) is 13.7. The van der Waals surface area contributed by atoms with Gasteiger partial charge < -0.3 is 9.73 Å². The van der Waals surface area contributed by atoms with Crippen LogP contribution in [0, 0.1) is 0 Å². The summed E-state index contributed by atoms with van der Waals surface area (Å²) in [6.07, 6.45) is 1.86. The summed E-state index contributed by atoms with van der Waals surface area (Å²) < 4.78 is 6.54. The molecule has 4 nitrogen and oxygen atoms in total. The topological polar surface area (TPSA) is 50.4 Å². The van der Waals surface area contributed by atoms with Gasteiger partial charge in [-0.05, 0) is 46.0 Å². The summed E-state index contributed by atoms with van der Waals surface area (Å²) >= 11 is 0. The number of aliphatic imine (C=N–C) groups is 1. The molecule has 0 saturated heterocycles. The van der Waals surface area contributed by atoms with Gasteiger partial charge in [0.05, 0.1) is 17.1 Å². The summed E-state index contributed by atoms with van der Waals surface area (Å²) in [6, 6.07) is 76.4. The number of para-hydroxylation sites is 2. The molecular formula is C57H39N3O. The van der Waals surface area contributed by atoms with E-state index in [9.17, 15) is 0 Å². The molecule has 1 aliphatic heterocycles. The number of nitrogens with zero attached hydrogens (tertiary/aromatic N) is 2. The first-order valence-electron chi connectivity index (χ1n) is 20.7. The van der Waals surface area contributed by atoms with E-state index >= 15 is 0 Å². The molecule has 0 spiro atoms. The van der Waals surface area contributed by atoms with Gasteiger partial charge in [-0.3, -0.25) is 4.99 Å². The highest BCUT2D eigenvalue weighted by Crippen LogP contribution is 2.48. The maximum atomic E-state index is 6.54. The van der Waals surface area contributed by atoms with Crippen molar-refractivity contribution in [2.45, 2.75) is 6.17 Å². The van der Waals surface area contributed by atoms with Crippen LogP contribution in [0.25, 0.3) is 83.5 Å². The molecule has 8 aromatic carbocycles. The summed E-state index contributed by atoms with van der Waals surface area (Å²) in [5.41, 5.74) is 17.2. The minimum Gasteiger partial charge on any atom is -0.455 e. The Balaban J connectivity index is 1.13. The van der Waals surface area contributed by atoms with Gasteiger partial charge in [0.15, 0.2) is 0 Å². The number of nitrogens with one attached hydrogen (secondary N) is 1. The van der Waals surface area contributed by atoms with Crippen molar-refractivity contribution in [2.24, 2.45) is 4.99 Å². The summed E-state index contributed by atoms with van der Waals surface area (Å²) in [6.45, 7) is 0. The summed E-state index contributed by atoms with van der Waals surface area (Å²) in [7, 11) is 0. The summed E-state index contributed by atoms with van der Waals surface area (Å²) in [4.78, 5) is 11.0. The van der Waals surface area contributed by atoms with Gasteiger partial charge >= 0.3 is 0 Å². The standard InChI is InChI=1S/C57H39N3O/c1-6-19-39(20-7-1)52-51(53(40-21-8-2-9-22-40)55(43-25-12-4-13-26-43)60-54(52)42-23-10-3-11-24-42)41-35-33-38(34-36-41)48-37-49(59-57(58-48)44-27-14-5-15-28-44)47-31-18-30-46-45-29-16-17-32-50(45)61-56(46)47/h1-37,57,59H. The van der Waals surface area contributed by atoms with Crippen LogP contribution in [0.5, 0.6) is 0 Å². The van der Waals surface area contributed by atoms with Gasteiger partial charge in [-0.15, -0.1) is 0 Å². The maximum absolute atomic E-state index is 6.54. The first-order chi connectivity index (χ1) is 30.3. The highest BCUT2D eigenvalue weighted by Gasteiger charge is 2.26. The summed E-state index contributed by atoms with van der Waals surface area (Å²) in [5, 5.41) is 5.95. The first-order valence-corrected chi connectivity index (χ1v) is 20.7. The van der Waals surface area contributed by atoms with Crippen LogP contribution in [0.3, 0.4) is 0 Å². The molecule has 1 N–H and O–H groups in total. The van der Waals surface area contributed by atoms with E-state index in [1.807, 2.05) is 18.2 Å². The molecule has 0 amide bonds. The lowest BCUT2D eigenvalue weighted by atomic mass is 9.83. The lowest BCUT2D eigenvalue weighted by Gasteiger charge is -2.25. The number of hydrogen-bond acceptors (Lipinski definition) is 4. The first kappa shape index (κ1) is 36.0. The third-order valence-electron chi connectivity index (χ3n) is 11.5. The Morgan fingerprint density at radius 2 is 0.869 bits per heavy atom. The molecule has 0 fully saturated rings. The molecule has 3 heterocycles. The van der Waals surface area contributed by atoms with E-state index in [2.05, 4.69) is 212 Å². The molecule has 0 bridgehead atoms. The fourth-order valence-corrected chi connectivity index (χ4v) is 8.66. The van der Waals surface area contributed by atoms with Crippen molar-refractivity contribution >= 4 is 33.3 Å². The van der Waals surface area contributed by atoms with Gasteiger partial charge in [-0.2, -0.15) is 0 Å². The van der Waals surface area contributed by atoms with E-state index in [1.165, 1.54) is 0 Å². The van der Waals surface area contributed by atoms with Crippen LogP contribution in [0.1, 0.15) is 22.9 Å². The van der Waals surface area contributed by atoms with E-state index in [4.69, 9.17) is 14.4 Å². The Labute approximate surface area is 354 Å². The molecule has 61 heavy (non-hydrogen) atoms. The molecule has 288 valence electrons. The smallest absolute Gasteiger partial charge is 0.145 e. The van der Waals surface area contributed by atoms with E-state index in [0.717, 1.165) is 106 Å². The van der Waals surface area contributed by atoms with Crippen LogP contribution in [-0.4, -0.2) is 10.7 Å². The Hall–Kier alpha value is -8.08. The largest absolute Gasteiger partial charge is 0.455 e. The second-order valence-electron chi connectivity index (χ2n) is 15.3. The van der Waals surface area contributed by atoms with Gasteiger partial charge in [0, 0.05) is 49.9 Å². The van der Waals surface area contributed by atoms with E-state index in [-0.39, 0.29) is 6.17 Å². The molecule has 1 atom stereocenters. The van der Waals surface area contributed by atoms with Crippen molar-refractivity contribution in [3.63, 3.8) is 0 Å². The van der Waals surface area contributed by atoms with Crippen LogP contribution in [-0.2, 0) is 0 Å². The lowest BCUT2D eigenvalue weighted by molar-refractivity contribution is 0.653. The molecule has 1 unspecified atom stereocenters. The van der Waals surface area contributed by atoms with Crippen molar-refractivity contribution in [1.82, 2.24) is 10.3 Å². The van der Waals surface area contributed by atoms with Gasteiger partial charge in [0.1, 0.15) is 17.3 Å². The monoisotopic (exact) mass is 781 g/mol. The van der Waals surface area contributed by atoms with Crippen LogP contribution in [0.4, 0.5) is 0 Å². The number of hydrogen-bond donors (Lipinski definition) is 1. The molecule has 4 heteroatoms. The minimum atomic E-state index is -0.299. The second kappa shape index (κ2) is 15.6. The second-order valence-corrected chi connectivity index (χ2v) is 15.3. The van der Waals surface area contributed by atoms with Crippen molar-refractivity contribution in [3.8, 4) is 55.9 Å². The number of aromatic nitrogens is 1. The van der Waals surface area contributed by atoms with E-state index < -0.39 is 0 Å². The van der Waals surface area contributed by atoms with Crippen molar-refractivity contribution in [3.05, 3.63) is 241 Å². The average molecular weight is 782 g/mol. The zero-order chi connectivity index (χ0) is 40.5. The fraction of sp³-hybridized carbons (Fsp3) is 0.0175. The molecule has 11 rings (SSSR count). The Morgan fingerprint density at radius 3 is 1.46 bits per heavy atom. The minimum absolute atomic E-state index is 0.299. The zero-order valence-electron chi connectivity index (χ0n) is 33.2. The highest BCUT2D eigenvalue weighted by atomic mass is 16.3. The fourth-order valence-electron chi connectivity index (χ4n) is 8.66. The molecule has 0 aliphatic carbocycles. The van der Waals surface area contributed by atoms with Crippen LogP contribution >= 0.6 is 0 Å². The zero-order valence-corrected chi connectivity index (χ0v) is 33.2. The number of furan rings is 1. The molecule has 0 radical (unpaired) electrons. The SMILES string of the molecule is C1=C(c2cccc3c2oc2ccccc23)NC(c2ccccc2)N=C1c1ccc(-c2c(-c3ccccc3)c(-c3ccccc3)nc(-c3ccccc3)c2-c2ccccc2)cc1. The van der Waals surface area contributed by atoms with Crippen LogP contribution in [0.15, 0.2) is 234 Å². The van der Waals surface area contributed by atoms with Crippen LogP contribution in [0.2, 0.25) is 0 Å².